The molecule has 1 aliphatic heterocycles. The summed E-state index contributed by atoms with van der Waals surface area (Å²) in [7, 11) is 0. The van der Waals surface area contributed by atoms with Crippen LogP contribution in [0.5, 0.6) is 0 Å². The summed E-state index contributed by atoms with van der Waals surface area (Å²) in [6.45, 7) is 2.01. The first-order valence-corrected chi connectivity index (χ1v) is 5.87. The molecule has 2 aliphatic rings. The maximum absolute atomic E-state index is 11.8. The highest BCUT2D eigenvalue weighted by atomic mass is 16.1. The Morgan fingerprint density at radius 1 is 1.14 bits per heavy atom. The lowest BCUT2D eigenvalue weighted by Crippen LogP contribution is -2.40. The third-order valence-corrected chi connectivity index (χ3v) is 3.38. The Balaban J connectivity index is 1.75. The van der Waals surface area contributed by atoms with Gasteiger partial charge in [0.2, 0.25) is 5.91 Å². The first-order chi connectivity index (χ1) is 6.86. The molecule has 2 rings (SSSR count). The molecule has 0 bridgehead atoms. The van der Waals surface area contributed by atoms with E-state index in [2.05, 4.69) is 10.6 Å². The van der Waals surface area contributed by atoms with Crippen LogP contribution in [0.2, 0.25) is 0 Å². The predicted molar refractivity (Wildman–Crippen MR) is 56.0 cm³/mol. The van der Waals surface area contributed by atoms with E-state index in [1.54, 1.807) is 0 Å². The van der Waals surface area contributed by atoms with Gasteiger partial charge in [0.15, 0.2) is 0 Å². The largest absolute Gasteiger partial charge is 0.352 e. The highest BCUT2D eigenvalue weighted by Crippen LogP contribution is 2.23. The van der Waals surface area contributed by atoms with E-state index in [9.17, 15) is 4.79 Å². The van der Waals surface area contributed by atoms with E-state index in [4.69, 9.17) is 0 Å². The van der Waals surface area contributed by atoms with Gasteiger partial charge in [-0.1, -0.05) is 19.3 Å². The van der Waals surface area contributed by atoms with E-state index in [0.29, 0.717) is 17.9 Å². The standard InChI is InChI=1S/C11H20N2O/c14-11(9-4-2-1-3-5-9)13-10-6-7-12-8-10/h9-10,12H,1-8H2,(H,13,14). The summed E-state index contributed by atoms with van der Waals surface area (Å²) in [5.41, 5.74) is 0. The Morgan fingerprint density at radius 3 is 2.57 bits per heavy atom. The van der Waals surface area contributed by atoms with Crippen LogP contribution in [0.25, 0.3) is 0 Å². The number of rotatable bonds is 2. The van der Waals surface area contributed by atoms with Crippen molar-refractivity contribution in [2.75, 3.05) is 13.1 Å². The molecular formula is C11H20N2O. The van der Waals surface area contributed by atoms with Gasteiger partial charge < -0.3 is 10.6 Å². The van der Waals surface area contributed by atoms with Crippen LogP contribution in [0.15, 0.2) is 0 Å². The molecule has 1 saturated carbocycles. The molecule has 80 valence electrons. The first-order valence-electron chi connectivity index (χ1n) is 5.87. The minimum Gasteiger partial charge on any atom is -0.352 e. The Labute approximate surface area is 85.6 Å². The third-order valence-electron chi connectivity index (χ3n) is 3.38. The Hall–Kier alpha value is -0.570. The molecule has 2 N–H and O–H groups in total. The number of nitrogens with one attached hydrogen (secondary N) is 2. The lowest BCUT2D eigenvalue weighted by atomic mass is 9.88. The second kappa shape index (κ2) is 4.78. The van der Waals surface area contributed by atoms with E-state index in [1.807, 2.05) is 0 Å². The van der Waals surface area contributed by atoms with Crippen LogP contribution in [0.3, 0.4) is 0 Å². The molecule has 1 heterocycles. The summed E-state index contributed by atoms with van der Waals surface area (Å²) in [6, 6.07) is 0.393. The van der Waals surface area contributed by atoms with Crippen molar-refractivity contribution in [1.82, 2.24) is 10.6 Å². The van der Waals surface area contributed by atoms with Gasteiger partial charge in [0, 0.05) is 18.5 Å². The van der Waals surface area contributed by atoms with Crippen LogP contribution in [-0.2, 0) is 4.79 Å². The van der Waals surface area contributed by atoms with E-state index in [0.717, 1.165) is 32.4 Å². The maximum Gasteiger partial charge on any atom is 0.223 e. The molecule has 3 heteroatoms. The number of amides is 1. The van der Waals surface area contributed by atoms with Crippen molar-refractivity contribution in [2.24, 2.45) is 5.92 Å². The van der Waals surface area contributed by atoms with Crippen LogP contribution in [-0.4, -0.2) is 25.0 Å². The number of carbonyl (C=O) groups is 1. The second-order valence-electron chi connectivity index (χ2n) is 4.53. The molecule has 0 radical (unpaired) electrons. The van der Waals surface area contributed by atoms with Gasteiger partial charge in [-0.3, -0.25) is 4.79 Å². The lowest BCUT2D eigenvalue weighted by molar-refractivity contribution is -0.126. The number of hydrogen-bond acceptors (Lipinski definition) is 2. The van der Waals surface area contributed by atoms with Crippen molar-refractivity contribution in [1.29, 1.82) is 0 Å². The van der Waals surface area contributed by atoms with Gasteiger partial charge in [0.1, 0.15) is 0 Å². The van der Waals surface area contributed by atoms with E-state index < -0.39 is 0 Å². The van der Waals surface area contributed by atoms with Gasteiger partial charge in [-0.25, -0.2) is 0 Å². The molecular weight excluding hydrogens is 176 g/mol. The van der Waals surface area contributed by atoms with Crippen molar-refractivity contribution >= 4 is 5.91 Å². The minimum absolute atomic E-state index is 0.304. The van der Waals surface area contributed by atoms with Crippen molar-refractivity contribution in [3.63, 3.8) is 0 Å². The van der Waals surface area contributed by atoms with E-state index in [1.165, 1.54) is 19.3 Å². The van der Waals surface area contributed by atoms with Crippen LogP contribution >= 0.6 is 0 Å². The fourth-order valence-corrected chi connectivity index (χ4v) is 2.46. The molecule has 14 heavy (non-hydrogen) atoms. The molecule has 0 spiro atoms. The summed E-state index contributed by atoms with van der Waals surface area (Å²) in [6.07, 6.45) is 7.09. The fourth-order valence-electron chi connectivity index (χ4n) is 2.46. The topological polar surface area (TPSA) is 41.1 Å². The molecule has 1 atom stereocenters. The van der Waals surface area contributed by atoms with Crippen LogP contribution in [0.4, 0.5) is 0 Å². The maximum atomic E-state index is 11.8. The molecule has 0 aromatic heterocycles. The molecule has 1 amide bonds. The predicted octanol–water partition coefficient (Wildman–Crippen LogP) is 1.04. The summed E-state index contributed by atoms with van der Waals surface area (Å²) in [4.78, 5) is 11.8. The molecule has 1 saturated heterocycles. The zero-order valence-electron chi connectivity index (χ0n) is 8.72. The van der Waals surface area contributed by atoms with Crippen molar-refractivity contribution < 1.29 is 4.79 Å². The first kappa shape index (κ1) is 9.97. The summed E-state index contributed by atoms with van der Waals surface area (Å²) in [5.74, 6) is 0.614. The SMILES string of the molecule is O=C(NC1CCNC1)C1CCCCC1. The molecule has 0 aromatic rings. The fraction of sp³-hybridized carbons (Fsp3) is 0.909. The molecule has 3 nitrogen and oxygen atoms in total. The van der Waals surface area contributed by atoms with Gasteiger partial charge in [-0.2, -0.15) is 0 Å². The molecule has 1 aliphatic carbocycles. The normalized spacial score (nSPS) is 29.0. The number of hydrogen-bond donors (Lipinski definition) is 2. The van der Waals surface area contributed by atoms with Gasteiger partial charge in [-0.05, 0) is 25.8 Å². The summed E-state index contributed by atoms with van der Waals surface area (Å²) in [5, 5.41) is 6.41. The smallest absolute Gasteiger partial charge is 0.223 e. The van der Waals surface area contributed by atoms with Crippen molar-refractivity contribution in [3.8, 4) is 0 Å². The Morgan fingerprint density at radius 2 is 1.93 bits per heavy atom. The van der Waals surface area contributed by atoms with Gasteiger partial charge in [0.05, 0.1) is 0 Å². The molecule has 2 fully saturated rings. The quantitative estimate of drug-likeness (QED) is 0.693. The van der Waals surface area contributed by atoms with Crippen LogP contribution in [0.1, 0.15) is 38.5 Å². The van der Waals surface area contributed by atoms with Gasteiger partial charge in [-0.15, -0.1) is 0 Å². The second-order valence-corrected chi connectivity index (χ2v) is 4.53. The van der Waals surface area contributed by atoms with E-state index >= 15 is 0 Å². The zero-order chi connectivity index (χ0) is 9.80. The third kappa shape index (κ3) is 2.47. The summed E-state index contributed by atoms with van der Waals surface area (Å²) < 4.78 is 0. The Bertz CT molecular complexity index is 193. The Kier molecular flexibility index (Phi) is 3.40. The summed E-state index contributed by atoms with van der Waals surface area (Å²) >= 11 is 0. The lowest BCUT2D eigenvalue weighted by Gasteiger charge is -2.22. The van der Waals surface area contributed by atoms with Crippen LogP contribution in [0, 0.1) is 5.92 Å². The van der Waals surface area contributed by atoms with E-state index in [-0.39, 0.29) is 0 Å². The average molecular weight is 196 g/mol. The monoisotopic (exact) mass is 196 g/mol. The highest BCUT2D eigenvalue weighted by Gasteiger charge is 2.24. The average Bonchev–Trinajstić information content (AvgIpc) is 2.72. The molecule has 0 aromatic carbocycles. The van der Waals surface area contributed by atoms with Gasteiger partial charge >= 0.3 is 0 Å². The van der Waals surface area contributed by atoms with Crippen molar-refractivity contribution in [2.45, 2.75) is 44.6 Å². The van der Waals surface area contributed by atoms with Gasteiger partial charge in [0.25, 0.3) is 0 Å². The van der Waals surface area contributed by atoms with Crippen molar-refractivity contribution in [3.05, 3.63) is 0 Å². The zero-order valence-corrected chi connectivity index (χ0v) is 8.72. The number of carbonyl (C=O) groups excluding carboxylic acids is 1. The molecule has 1 unspecified atom stereocenters. The minimum atomic E-state index is 0.304. The van der Waals surface area contributed by atoms with Crippen LogP contribution < -0.4 is 10.6 Å². The highest BCUT2D eigenvalue weighted by molar-refractivity contribution is 5.79.